The number of hydrogen-bond acceptors (Lipinski definition) is 6. The van der Waals surface area contributed by atoms with Crippen LogP contribution in [0.3, 0.4) is 0 Å². The maximum absolute atomic E-state index is 5.61. The van der Waals surface area contributed by atoms with E-state index in [0.29, 0.717) is 0 Å². The molecule has 24 heavy (non-hydrogen) atoms. The van der Waals surface area contributed by atoms with E-state index in [0.717, 1.165) is 76.2 Å². The van der Waals surface area contributed by atoms with Gasteiger partial charge in [0.05, 0.1) is 13.2 Å². The van der Waals surface area contributed by atoms with Crippen LogP contribution in [0.25, 0.3) is 0 Å². The summed E-state index contributed by atoms with van der Waals surface area (Å²) < 4.78 is 11.2. The fraction of sp³-hybridized carbons (Fsp3) is 0.556. The highest BCUT2D eigenvalue weighted by molar-refractivity contribution is 5.39. The molecule has 1 aromatic heterocycles. The second-order valence-electron chi connectivity index (χ2n) is 6.54. The Labute approximate surface area is 142 Å². The molecule has 6 heteroatoms. The highest BCUT2D eigenvalue weighted by Gasteiger charge is 2.20. The molecule has 128 valence electrons. The first-order valence-corrected chi connectivity index (χ1v) is 8.80. The molecule has 2 aromatic rings. The van der Waals surface area contributed by atoms with Gasteiger partial charge in [0.25, 0.3) is 0 Å². The summed E-state index contributed by atoms with van der Waals surface area (Å²) in [6, 6.07) is 6.62. The summed E-state index contributed by atoms with van der Waals surface area (Å²) in [5.41, 5.74) is 2.74. The number of ether oxygens (including phenoxy) is 1. The van der Waals surface area contributed by atoms with Crippen molar-refractivity contribution < 1.29 is 9.15 Å². The predicted molar refractivity (Wildman–Crippen MR) is 89.9 cm³/mol. The number of piperazine rings is 1. The highest BCUT2D eigenvalue weighted by Crippen LogP contribution is 2.26. The lowest BCUT2D eigenvalue weighted by molar-refractivity contribution is 0.114. The summed E-state index contributed by atoms with van der Waals surface area (Å²) in [4.78, 5) is 4.90. The minimum Gasteiger partial charge on any atom is -0.493 e. The third-order valence-corrected chi connectivity index (χ3v) is 4.79. The third kappa shape index (κ3) is 3.44. The van der Waals surface area contributed by atoms with Crippen LogP contribution < -0.4 is 4.74 Å². The number of aromatic nitrogens is 2. The van der Waals surface area contributed by atoms with Crippen LogP contribution in [0.2, 0.25) is 0 Å². The second-order valence-corrected chi connectivity index (χ2v) is 6.54. The van der Waals surface area contributed by atoms with Crippen LogP contribution >= 0.6 is 0 Å². The van der Waals surface area contributed by atoms with E-state index in [1.807, 2.05) is 6.92 Å². The van der Waals surface area contributed by atoms with Crippen LogP contribution in [0.15, 0.2) is 22.6 Å². The Bertz CT molecular complexity index is 692. The Kier molecular flexibility index (Phi) is 4.49. The zero-order valence-electron chi connectivity index (χ0n) is 14.2. The van der Waals surface area contributed by atoms with E-state index in [4.69, 9.17) is 9.15 Å². The van der Waals surface area contributed by atoms with Crippen molar-refractivity contribution in [1.82, 2.24) is 20.0 Å². The average Bonchev–Trinajstić information content (AvgIpc) is 3.25. The molecule has 0 bridgehead atoms. The van der Waals surface area contributed by atoms with Crippen molar-refractivity contribution in [3.05, 3.63) is 41.1 Å². The van der Waals surface area contributed by atoms with E-state index < -0.39 is 0 Å². The highest BCUT2D eigenvalue weighted by atomic mass is 16.5. The minimum absolute atomic E-state index is 0.726. The van der Waals surface area contributed by atoms with Gasteiger partial charge in [-0.3, -0.25) is 9.80 Å². The van der Waals surface area contributed by atoms with Crippen LogP contribution in [0.5, 0.6) is 5.75 Å². The maximum Gasteiger partial charge on any atom is 0.230 e. The molecule has 6 nitrogen and oxygen atoms in total. The SMILES string of the molecule is CCc1nnc(CN2CCN(Cc3ccc4c(c3)CCO4)CC2)o1. The van der Waals surface area contributed by atoms with Gasteiger partial charge in [-0.05, 0) is 17.2 Å². The van der Waals surface area contributed by atoms with Crippen LogP contribution in [0.4, 0.5) is 0 Å². The molecule has 0 amide bonds. The summed E-state index contributed by atoms with van der Waals surface area (Å²) in [7, 11) is 0. The Hall–Kier alpha value is -1.92. The molecule has 0 spiro atoms. The quantitative estimate of drug-likeness (QED) is 0.835. The lowest BCUT2D eigenvalue weighted by Gasteiger charge is -2.34. The Balaban J connectivity index is 1.28. The molecule has 0 atom stereocenters. The van der Waals surface area contributed by atoms with Gasteiger partial charge in [0, 0.05) is 45.6 Å². The Morgan fingerprint density at radius 3 is 2.50 bits per heavy atom. The Morgan fingerprint density at radius 1 is 1.00 bits per heavy atom. The number of hydrogen-bond donors (Lipinski definition) is 0. The topological polar surface area (TPSA) is 54.6 Å². The molecular weight excluding hydrogens is 304 g/mol. The van der Waals surface area contributed by atoms with Gasteiger partial charge in [-0.25, -0.2) is 0 Å². The molecule has 1 fully saturated rings. The predicted octanol–water partition coefficient (Wildman–Crippen LogP) is 1.88. The van der Waals surface area contributed by atoms with Crippen LogP contribution in [0, 0.1) is 0 Å². The molecule has 1 saturated heterocycles. The van der Waals surface area contributed by atoms with Crippen LogP contribution in [0.1, 0.15) is 29.8 Å². The van der Waals surface area contributed by atoms with E-state index >= 15 is 0 Å². The van der Waals surface area contributed by atoms with E-state index in [1.54, 1.807) is 0 Å². The van der Waals surface area contributed by atoms with Gasteiger partial charge < -0.3 is 9.15 Å². The zero-order valence-corrected chi connectivity index (χ0v) is 14.2. The normalized spacial score (nSPS) is 18.5. The number of fused-ring (bicyclic) bond motifs is 1. The molecule has 2 aliphatic heterocycles. The molecule has 0 N–H and O–H groups in total. The number of benzene rings is 1. The number of aryl methyl sites for hydroxylation is 1. The fourth-order valence-corrected chi connectivity index (χ4v) is 3.39. The lowest BCUT2D eigenvalue weighted by atomic mass is 10.1. The minimum atomic E-state index is 0.726. The van der Waals surface area contributed by atoms with E-state index in [-0.39, 0.29) is 0 Å². The molecular formula is C18H24N4O2. The number of rotatable bonds is 5. The third-order valence-electron chi connectivity index (χ3n) is 4.79. The molecule has 0 aliphatic carbocycles. The second kappa shape index (κ2) is 6.91. The van der Waals surface area contributed by atoms with Crippen LogP contribution in [-0.2, 0) is 25.9 Å². The molecule has 1 aromatic carbocycles. The zero-order chi connectivity index (χ0) is 16.4. The molecule has 0 unspecified atom stereocenters. The summed E-state index contributed by atoms with van der Waals surface area (Å²) in [6.45, 7) is 8.85. The van der Waals surface area contributed by atoms with E-state index in [9.17, 15) is 0 Å². The molecule has 0 radical (unpaired) electrons. The van der Waals surface area contributed by atoms with Gasteiger partial charge in [-0.1, -0.05) is 19.1 Å². The van der Waals surface area contributed by atoms with Gasteiger partial charge in [0.15, 0.2) is 0 Å². The maximum atomic E-state index is 5.61. The van der Waals surface area contributed by atoms with Crippen molar-refractivity contribution in [2.24, 2.45) is 0 Å². The first-order valence-electron chi connectivity index (χ1n) is 8.80. The lowest BCUT2D eigenvalue weighted by Crippen LogP contribution is -2.45. The van der Waals surface area contributed by atoms with Gasteiger partial charge in [0.2, 0.25) is 11.8 Å². The molecule has 2 aliphatic rings. The van der Waals surface area contributed by atoms with Gasteiger partial charge in [-0.2, -0.15) is 0 Å². The van der Waals surface area contributed by atoms with Crippen molar-refractivity contribution in [1.29, 1.82) is 0 Å². The van der Waals surface area contributed by atoms with E-state index in [2.05, 4.69) is 38.2 Å². The summed E-state index contributed by atoms with van der Waals surface area (Å²) in [5.74, 6) is 2.53. The summed E-state index contributed by atoms with van der Waals surface area (Å²) in [6.07, 6.45) is 1.84. The Morgan fingerprint density at radius 2 is 1.75 bits per heavy atom. The summed E-state index contributed by atoms with van der Waals surface area (Å²) in [5, 5.41) is 8.15. The fourth-order valence-electron chi connectivity index (χ4n) is 3.39. The molecule has 4 rings (SSSR count). The van der Waals surface area contributed by atoms with Crippen molar-refractivity contribution in [3.63, 3.8) is 0 Å². The molecule has 3 heterocycles. The molecule has 0 saturated carbocycles. The van der Waals surface area contributed by atoms with Gasteiger partial charge >= 0.3 is 0 Å². The first kappa shape index (κ1) is 15.6. The van der Waals surface area contributed by atoms with Crippen LogP contribution in [-0.4, -0.2) is 52.8 Å². The smallest absolute Gasteiger partial charge is 0.230 e. The summed E-state index contributed by atoms with van der Waals surface area (Å²) >= 11 is 0. The first-order chi connectivity index (χ1) is 11.8. The van der Waals surface area contributed by atoms with Gasteiger partial charge in [-0.15, -0.1) is 10.2 Å². The van der Waals surface area contributed by atoms with Crippen molar-refractivity contribution in [2.45, 2.75) is 32.9 Å². The van der Waals surface area contributed by atoms with Crippen molar-refractivity contribution in [2.75, 3.05) is 32.8 Å². The average molecular weight is 328 g/mol. The van der Waals surface area contributed by atoms with Crippen molar-refractivity contribution >= 4 is 0 Å². The van der Waals surface area contributed by atoms with E-state index in [1.165, 1.54) is 11.1 Å². The van der Waals surface area contributed by atoms with Gasteiger partial charge in [0.1, 0.15) is 5.75 Å². The van der Waals surface area contributed by atoms with Crippen molar-refractivity contribution in [3.8, 4) is 5.75 Å². The largest absolute Gasteiger partial charge is 0.493 e. The standard InChI is InChI=1S/C18H24N4O2/c1-2-17-19-20-18(24-17)13-22-8-6-21(7-9-22)12-14-3-4-16-15(11-14)5-10-23-16/h3-4,11H,2,5-10,12-13H2,1H3. The monoisotopic (exact) mass is 328 g/mol. The number of nitrogens with zero attached hydrogens (tertiary/aromatic N) is 4.